The maximum absolute atomic E-state index is 13.2. The first-order valence-corrected chi connectivity index (χ1v) is 13.0. The number of benzene rings is 3. The second-order valence-corrected chi connectivity index (χ2v) is 10.2. The summed E-state index contributed by atoms with van der Waals surface area (Å²) in [7, 11) is 0. The molecule has 10 heteroatoms. The van der Waals surface area contributed by atoms with Gasteiger partial charge in [0.15, 0.2) is 0 Å². The Morgan fingerprint density at radius 2 is 1.68 bits per heavy atom. The second-order valence-electron chi connectivity index (χ2n) is 9.38. The van der Waals surface area contributed by atoms with Crippen LogP contribution in [0.5, 0.6) is 0 Å². The van der Waals surface area contributed by atoms with Crippen molar-refractivity contribution in [1.29, 1.82) is 0 Å². The molecule has 38 heavy (non-hydrogen) atoms. The number of carbonyl (C=O) groups is 1. The van der Waals surface area contributed by atoms with Crippen LogP contribution in [0.1, 0.15) is 29.2 Å². The number of likely N-dealkylation sites (tertiary alicyclic amines) is 1. The van der Waals surface area contributed by atoms with Crippen molar-refractivity contribution in [2.45, 2.75) is 18.9 Å². The predicted molar refractivity (Wildman–Crippen MR) is 150 cm³/mol. The Morgan fingerprint density at radius 1 is 0.947 bits per heavy atom. The van der Waals surface area contributed by atoms with Gasteiger partial charge >= 0.3 is 5.69 Å². The number of nitrogens with zero attached hydrogens (tertiary/aromatic N) is 4. The van der Waals surface area contributed by atoms with E-state index in [2.05, 4.69) is 10.1 Å². The first-order valence-electron chi connectivity index (χ1n) is 12.3. The molecule has 192 valence electrons. The van der Waals surface area contributed by atoms with Crippen LogP contribution in [-0.4, -0.2) is 43.2 Å². The minimum absolute atomic E-state index is 0.0359. The number of H-pyrrole nitrogens is 1. The molecule has 0 radical (unpaired) electrons. The largest absolute Gasteiger partial charge is 0.384 e. The van der Waals surface area contributed by atoms with Crippen molar-refractivity contribution in [3.63, 3.8) is 0 Å². The number of amides is 1. The van der Waals surface area contributed by atoms with E-state index in [4.69, 9.17) is 28.9 Å². The van der Waals surface area contributed by atoms with Crippen LogP contribution in [0.2, 0.25) is 10.0 Å². The number of halogens is 2. The average molecular weight is 547 g/mol. The number of fused-ring (bicyclic) bond motifs is 1. The van der Waals surface area contributed by atoms with Gasteiger partial charge in [-0.05, 0) is 61.4 Å². The number of anilines is 1. The fraction of sp³-hybridized carbons (Fsp3) is 0.179. The molecule has 1 fully saturated rings. The van der Waals surface area contributed by atoms with Crippen LogP contribution in [0.15, 0.2) is 77.6 Å². The van der Waals surface area contributed by atoms with Crippen molar-refractivity contribution in [2.24, 2.45) is 0 Å². The molecule has 3 aromatic carbocycles. The molecular weight excluding hydrogens is 523 g/mol. The molecule has 0 bridgehead atoms. The van der Waals surface area contributed by atoms with E-state index in [0.29, 0.717) is 53.1 Å². The molecule has 1 aliphatic rings. The third-order valence-corrected chi connectivity index (χ3v) is 7.79. The van der Waals surface area contributed by atoms with Crippen molar-refractivity contribution in [3.8, 4) is 16.9 Å². The molecule has 1 amide bonds. The Morgan fingerprint density at radius 3 is 2.42 bits per heavy atom. The minimum atomic E-state index is -0.105. The number of piperidine rings is 1. The van der Waals surface area contributed by atoms with Crippen LogP contribution in [0.3, 0.4) is 0 Å². The molecular formula is C28H24Cl2N6O2. The van der Waals surface area contributed by atoms with E-state index in [9.17, 15) is 9.59 Å². The fourth-order valence-electron chi connectivity index (χ4n) is 5.09. The summed E-state index contributed by atoms with van der Waals surface area (Å²) in [6.07, 6.45) is 1.43. The monoisotopic (exact) mass is 546 g/mol. The van der Waals surface area contributed by atoms with E-state index in [1.165, 1.54) is 0 Å². The van der Waals surface area contributed by atoms with E-state index in [1.807, 2.05) is 51.9 Å². The van der Waals surface area contributed by atoms with Crippen molar-refractivity contribution < 1.29 is 4.79 Å². The third-order valence-electron chi connectivity index (χ3n) is 7.05. The molecule has 6 rings (SSSR count). The molecule has 8 nitrogen and oxygen atoms in total. The second kappa shape index (κ2) is 9.70. The predicted octanol–water partition coefficient (Wildman–Crippen LogP) is 5.55. The Hall–Kier alpha value is -4.01. The van der Waals surface area contributed by atoms with Gasteiger partial charge in [-0.2, -0.15) is 5.10 Å². The van der Waals surface area contributed by atoms with Crippen molar-refractivity contribution >= 4 is 46.0 Å². The highest BCUT2D eigenvalue weighted by molar-refractivity contribution is 6.42. The minimum Gasteiger partial charge on any atom is -0.384 e. The Balaban J connectivity index is 1.15. The van der Waals surface area contributed by atoms with Gasteiger partial charge in [-0.15, -0.1) is 0 Å². The number of hydrogen-bond acceptors (Lipinski definition) is 4. The number of aromatic nitrogens is 4. The van der Waals surface area contributed by atoms with Gasteiger partial charge in [0.05, 0.1) is 32.5 Å². The molecule has 2 aromatic heterocycles. The highest BCUT2D eigenvalue weighted by atomic mass is 35.5. The lowest BCUT2D eigenvalue weighted by molar-refractivity contribution is 0.0695. The van der Waals surface area contributed by atoms with Gasteiger partial charge in [-0.3, -0.25) is 9.36 Å². The summed E-state index contributed by atoms with van der Waals surface area (Å²) >= 11 is 12.2. The average Bonchev–Trinajstić information content (AvgIpc) is 3.49. The molecule has 1 saturated heterocycles. The fourth-order valence-corrected chi connectivity index (χ4v) is 5.39. The quantitative estimate of drug-likeness (QED) is 0.308. The molecule has 0 saturated carbocycles. The maximum atomic E-state index is 13.2. The zero-order valence-electron chi connectivity index (χ0n) is 20.3. The third kappa shape index (κ3) is 4.36. The summed E-state index contributed by atoms with van der Waals surface area (Å²) in [5.74, 6) is 0.422. The van der Waals surface area contributed by atoms with Gasteiger partial charge in [0, 0.05) is 36.3 Å². The maximum Gasteiger partial charge on any atom is 0.326 e. The lowest BCUT2D eigenvalue weighted by Gasteiger charge is -2.32. The number of hydrogen-bond donors (Lipinski definition) is 2. The summed E-state index contributed by atoms with van der Waals surface area (Å²) in [6, 6.07) is 22.0. The number of para-hydroxylation sites is 2. The van der Waals surface area contributed by atoms with Gasteiger partial charge in [-0.1, -0.05) is 41.4 Å². The molecule has 0 unspecified atom stereocenters. The number of nitrogen functional groups attached to an aromatic ring is 1. The normalized spacial score (nSPS) is 14.3. The van der Waals surface area contributed by atoms with E-state index >= 15 is 0 Å². The van der Waals surface area contributed by atoms with Crippen LogP contribution in [0.4, 0.5) is 5.82 Å². The van der Waals surface area contributed by atoms with Crippen LogP contribution in [0, 0.1) is 0 Å². The smallest absolute Gasteiger partial charge is 0.326 e. The van der Waals surface area contributed by atoms with Crippen LogP contribution >= 0.6 is 23.2 Å². The van der Waals surface area contributed by atoms with Crippen molar-refractivity contribution in [1.82, 2.24) is 24.2 Å². The first-order chi connectivity index (χ1) is 18.4. The lowest BCUT2D eigenvalue weighted by Crippen LogP contribution is -2.40. The highest BCUT2D eigenvalue weighted by Gasteiger charge is 2.26. The summed E-state index contributed by atoms with van der Waals surface area (Å²) < 4.78 is 3.45. The molecule has 0 atom stereocenters. The van der Waals surface area contributed by atoms with Crippen LogP contribution in [-0.2, 0) is 0 Å². The summed E-state index contributed by atoms with van der Waals surface area (Å²) in [5, 5.41) is 5.52. The van der Waals surface area contributed by atoms with Crippen molar-refractivity contribution in [2.75, 3.05) is 18.8 Å². The van der Waals surface area contributed by atoms with E-state index < -0.39 is 0 Å². The van der Waals surface area contributed by atoms with Crippen LogP contribution in [0.25, 0.3) is 28.0 Å². The molecule has 5 aromatic rings. The first kappa shape index (κ1) is 24.3. The van der Waals surface area contributed by atoms with Gasteiger partial charge in [0.1, 0.15) is 5.82 Å². The van der Waals surface area contributed by atoms with Crippen LogP contribution < -0.4 is 11.4 Å². The van der Waals surface area contributed by atoms with E-state index in [1.54, 1.807) is 35.0 Å². The summed E-state index contributed by atoms with van der Waals surface area (Å²) in [6.45, 7) is 1.16. The highest BCUT2D eigenvalue weighted by Crippen LogP contribution is 2.30. The zero-order chi connectivity index (χ0) is 26.4. The Labute approximate surface area is 228 Å². The van der Waals surface area contributed by atoms with E-state index in [0.717, 1.165) is 22.3 Å². The van der Waals surface area contributed by atoms with Gasteiger partial charge in [0.25, 0.3) is 5.91 Å². The van der Waals surface area contributed by atoms with Gasteiger partial charge in [0.2, 0.25) is 0 Å². The standard InChI is InChI=1S/C28H24Cl2N6O2/c29-21-10-7-18(15-22(21)30)24-16-26(31)36(33-24)20-8-5-17(6-9-20)27(37)34-13-11-19(12-14-34)35-25-4-2-1-3-23(25)32-28(35)38/h1-10,15-16,19H,11-14,31H2,(H,32,38). The number of nitrogens with two attached hydrogens (primary N) is 1. The van der Waals surface area contributed by atoms with Crippen molar-refractivity contribution in [3.05, 3.63) is 98.9 Å². The SMILES string of the molecule is Nc1cc(-c2ccc(Cl)c(Cl)c2)nn1-c1ccc(C(=O)N2CCC(n3c(=O)[nH]c4ccccc43)CC2)cc1. The Kier molecular flexibility index (Phi) is 6.21. The molecule has 1 aliphatic heterocycles. The number of aromatic amines is 1. The number of rotatable bonds is 4. The number of carbonyl (C=O) groups excluding carboxylic acids is 1. The van der Waals surface area contributed by atoms with Gasteiger partial charge in [-0.25, -0.2) is 9.48 Å². The number of nitrogens with one attached hydrogen (secondary N) is 1. The molecule has 3 heterocycles. The lowest BCUT2D eigenvalue weighted by atomic mass is 10.0. The van der Waals surface area contributed by atoms with Gasteiger partial charge < -0.3 is 15.6 Å². The molecule has 0 aliphatic carbocycles. The topological polar surface area (TPSA) is 102 Å². The summed E-state index contributed by atoms with van der Waals surface area (Å²) in [5.41, 5.74) is 10.7. The Bertz CT molecular complexity index is 1710. The van der Waals surface area contributed by atoms with E-state index in [-0.39, 0.29) is 17.6 Å². The zero-order valence-corrected chi connectivity index (χ0v) is 21.8. The summed E-state index contributed by atoms with van der Waals surface area (Å²) in [4.78, 5) is 30.5. The number of imidazole rings is 1. The molecule has 0 spiro atoms. The molecule has 3 N–H and O–H groups in total.